The number of anilines is 1. The maximum atomic E-state index is 12.1. The first-order chi connectivity index (χ1) is 9.69. The third kappa shape index (κ3) is 3.91. The number of sulfone groups is 1. The quantitative estimate of drug-likeness (QED) is 0.619. The molecule has 9 heteroatoms. The SMILES string of the molecule is Nc1cccc2cc(S(=O)(=O)CCOS(=O)(=O)O)ccc12. The van der Waals surface area contributed by atoms with Crippen LogP contribution in [0.25, 0.3) is 10.8 Å². The summed E-state index contributed by atoms with van der Waals surface area (Å²) in [6.45, 7) is -0.657. The van der Waals surface area contributed by atoms with E-state index in [4.69, 9.17) is 10.3 Å². The maximum Gasteiger partial charge on any atom is 0.397 e. The van der Waals surface area contributed by atoms with Gasteiger partial charge in [-0.1, -0.05) is 18.2 Å². The van der Waals surface area contributed by atoms with E-state index in [1.807, 2.05) is 0 Å². The molecule has 0 bridgehead atoms. The molecule has 0 spiro atoms. The second kappa shape index (κ2) is 5.60. The number of fused-ring (bicyclic) bond motifs is 1. The number of benzene rings is 2. The predicted molar refractivity (Wildman–Crippen MR) is 77.9 cm³/mol. The molecule has 114 valence electrons. The van der Waals surface area contributed by atoms with Crippen molar-refractivity contribution < 1.29 is 25.6 Å². The minimum absolute atomic E-state index is 0.0273. The first kappa shape index (κ1) is 15.7. The minimum atomic E-state index is -4.65. The van der Waals surface area contributed by atoms with Crippen LogP contribution in [0.1, 0.15) is 0 Å². The normalized spacial score (nSPS) is 12.6. The van der Waals surface area contributed by atoms with E-state index in [1.54, 1.807) is 24.3 Å². The molecule has 21 heavy (non-hydrogen) atoms. The van der Waals surface area contributed by atoms with Crippen LogP contribution >= 0.6 is 0 Å². The standard InChI is InChI=1S/C12H13NO6S2/c13-12-3-1-2-9-8-10(4-5-11(9)12)20(14,15)7-6-19-21(16,17)18/h1-5,8H,6-7,13H2,(H,16,17,18). The van der Waals surface area contributed by atoms with Gasteiger partial charge in [0.15, 0.2) is 9.84 Å². The summed E-state index contributed by atoms with van der Waals surface area (Å²) in [7, 11) is -8.38. The van der Waals surface area contributed by atoms with Gasteiger partial charge in [0, 0.05) is 11.1 Å². The highest BCUT2D eigenvalue weighted by Crippen LogP contribution is 2.24. The summed E-state index contributed by atoms with van der Waals surface area (Å²) >= 11 is 0. The number of nitrogens with two attached hydrogens (primary N) is 1. The van der Waals surface area contributed by atoms with E-state index in [-0.39, 0.29) is 4.90 Å². The fourth-order valence-electron chi connectivity index (χ4n) is 1.85. The average Bonchev–Trinajstić information content (AvgIpc) is 2.37. The van der Waals surface area contributed by atoms with E-state index in [0.29, 0.717) is 11.1 Å². The van der Waals surface area contributed by atoms with Gasteiger partial charge in [-0.2, -0.15) is 8.42 Å². The van der Waals surface area contributed by atoms with E-state index < -0.39 is 32.6 Å². The second-order valence-corrected chi connectivity index (χ2v) is 7.50. The Morgan fingerprint density at radius 1 is 1.10 bits per heavy atom. The van der Waals surface area contributed by atoms with Crippen LogP contribution in [0.15, 0.2) is 41.3 Å². The molecular weight excluding hydrogens is 318 g/mol. The van der Waals surface area contributed by atoms with E-state index >= 15 is 0 Å². The van der Waals surface area contributed by atoms with Crippen LogP contribution in [0.4, 0.5) is 5.69 Å². The number of hydrogen-bond donors (Lipinski definition) is 2. The Morgan fingerprint density at radius 2 is 1.81 bits per heavy atom. The van der Waals surface area contributed by atoms with Crippen molar-refractivity contribution in [3.05, 3.63) is 36.4 Å². The average molecular weight is 331 g/mol. The topological polar surface area (TPSA) is 124 Å². The zero-order valence-corrected chi connectivity index (χ0v) is 12.4. The Hall–Kier alpha value is -1.68. The van der Waals surface area contributed by atoms with Gasteiger partial charge in [0.1, 0.15) is 0 Å². The summed E-state index contributed by atoms with van der Waals surface area (Å²) < 4.78 is 57.3. The van der Waals surface area contributed by atoms with Crippen molar-refractivity contribution >= 4 is 36.7 Å². The highest BCUT2D eigenvalue weighted by molar-refractivity contribution is 7.91. The van der Waals surface area contributed by atoms with Crippen LogP contribution in [0.5, 0.6) is 0 Å². The molecule has 0 unspecified atom stereocenters. The molecule has 0 heterocycles. The van der Waals surface area contributed by atoms with Gasteiger partial charge in [0.05, 0.1) is 17.3 Å². The molecule has 0 saturated carbocycles. The van der Waals surface area contributed by atoms with Crippen molar-refractivity contribution in [3.8, 4) is 0 Å². The lowest BCUT2D eigenvalue weighted by atomic mass is 10.1. The summed E-state index contributed by atoms with van der Waals surface area (Å²) in [6.07, 6.45) is 0. The summed E-state index contributed by atoms with van der Waals surface area (Å²) in [5.74, 6) is -0.569. The summed E-state index contributed by atoms with van der Waals surface area (Å²) in [5.41, 5.74) is 6.31. The van der Waals surface area contributed by atoms with Crippen molar-refractivity contribution in [3.63, 3.8) is 0 Å². The molecule has 0 amide bonds. The van der Waals surface area contributed by atoms with Gasteiger partial charge in [-0.25, -0.2) is 12.6 Å². The fourth-order valence-corrected chi connectivity index (χ4v) is 3.37. The van der Waals surface area contributed by atoms with E-state index in [9.17, 15) is 16.8 Å². The number of rotatable bonds is 5. The molecule has 0 radical (unpaired) electrons. The van der Waals surface area contributed by atoms with Gasteiger partial charge >= 0.3 is 10.4 Å². The lowest BCUT2D eigenvalue weighted by Crippen LogP contribution is -2.15. The fraction of sp³-hybridized carbons (Fsp3) is 0.167. The largest absolute Gasteiger partial charge is 0.398 e. The Morgan fingerprint density at radius 3 is 2.48 bits per heavy atom. The molecule has 2 aromatic rings. The summed E-state index contributed by atoms with van der Waals surface area (Å²) in [5, 5.41) is 1.39. The lowest BCUT2D eigenvalue weighted by molar-refractivity contribution is 0.284. The molecule has 0 saturated heterocycles. The lowest BCUT2D eigenvalue weighted by Gasteiger charge is -2.07. The van der Waals surface area contributed by atoms with Crippen LogP contribution in [0, 0.1) is 0 Å². The third-order valence-corrected chi connectivity index (χ3v) is 4.97. The molecule has 0 aliphatic carbocycles. The Labute approximate surface area is 122 Å². The van der Waals surface area contributed by atoms with Crippen LogP contribution < -0.4 is 5.73 Å². The van der Waals surface area contributed by atoms with Gasteiger partial charge in [-0.15, -0.1) is 0 Å². The second-order valence-electron chi connectivity index (χ2n) is 4.30. The summed E-state index contributed by atoms with van der Waals surface area (Å²) in [4.78, 5) is 0.0273. The smallest absolute Gasteiger partial charge is 0.397 e. The predicted octanol–water partition coefficient (Wildman–Crippen LogP) is 1.02. The van der Waals surface area contributed by atoms with Gasteiger partial charge in [-0.05, 0) is 23.6 Å². The number of nitrogen functional groups attached to an aromatic ring is 1. The number of hydrogen-bond acceptors (Lipinski definition) is 6. The molecular formula is C12H13NO6S2. The van der Waals surface area contributed by atoms with Crippen LogP contribution in [-0.2, 0) is 24.4 Å². The molecule has 2 rings (SSSR count). The van der Waals surface area contributed by atoms with E-state index in [0.717, 1.165) is 5.39 Å². The molecule has 0 aliphatic rings. The van der Waals surface area contributed by atoms with Gasteiger partial charge in [0.25, 0.3) is 0 Å². The van der Waals surface area contributed by atoms with Crippen molar-refractivity contribution in [2.24, 2.45) is 0 Å². The van der Waals surface area contributed by atoms with E-state index in [2.05, 4.69) is 4.18 Å². The molecule has 2 aromatic carbocycles. The molecule has 0 aliphatic heterocycles. The zero-order chi connectivity index (χ0) is 15.7. The molecule has 7 nitrogen and oxygen atoms in total. The third-order valence-electron chi connectivity index (χ3n) is 2.83. The van der Waals surface area contributed by atoms with Crippen molar-refractivity contribution in [2.45, 2.75) is 4.90 Å². The Kier molecular flexibility index (Phi) is 4.19. The van der Waals surface area contributed by atoms with Crippen LogP contribution in [-0.4, -0.2) is 33.7 Å². The van der Waals surface area contributed by atoms with Crippen molar-refractivity contribution in [1.82, 2.24) is 0 Å². The molecule has 3 N–H and O–H groups in total. The Balaban J connectivity index is 2.28. The van der Waals surface area contributed by atoms with Crippen LogP contribution in [0.2, 0.25) is 0 Å². The molecule has 0 atom stereocenters. The molecule has 0 aromatic heterocycles. The zero-order valence-electron chi connectivity index (χ0n) is 10.8. The maximum absolute atomic E-state index is 12.1. The highest BCUT2D eigenvalue weighted by atomic mass is 32.3. The van der Waals surface area contributed by atoms with Crippen molar-refractivity contribution in [2.75, 3.05) is 18.1 Å². The van der Waals surface area contributed by atoms with Gasteiger partial charge in [0.2, 0.25) is 0 Å². The van der Waals surface area contributed by atoms with Crippen molar-refractivity contribution in [1.29, 1.82) is 0 Å². The monoisotopic (exact) mass is 331 g/mol. The minimum Gasteiger partial charge on any atom is -0.398 e. The highest BCUT2D eigenvalue weighted by Gasteiger charge is 2.17. The van der Waals surface area contributed by atoms with Gasteiger partial charge < -0.3 is 5.73 Å². The summed E-state index contributed by atoms with van der Waals surface area (Å²) in [6, 6.07) is 9.56. The molecule has 0 fully saturated rings. The van der Waals surface area contributed by atoms with E-state index in [1.165, 1.54) is 12.1 Å². The Bertz CT molecular complexity index is 874. The van der Waals surface area contributed by atoms with Gasteiger partial charge in [-0.3, -0.25) is 4.55 Å². The van der Waals surface area contributed by atoms with Crippen LogP contribution in [0.3, 0.4) is 0 Å². The first-order valence-corrected chi connectivity index (χ1v) is 8.84. The first-order valence-electron chi connectivity index (χ1n) is 5.82.